The Balaban J connectivity index is 1.43. The van der Waals surface area contributed by atoms with Gasteiger partial charge in [-0.05, 0) is 29.7 Å². The Morgan fingerprint density at radius 1 is 0.818 bits per heavy atom. The van der Waals surface area contributed by atoms with Gasteiger partial charge in [0, 0.05) is 25.6 Å². The van der Waals surface area contributed by atoms with E-state index in [4.69, 9.17) is 9.47 Å². The van der Waals surface area contributed by atoms with Crippen LogP contribution in [-0.4, -0.2) is 44.7 Å². The number of carbonyl (C=O) groups excluding carboxylic acids is 1. The molecule has 1 aliphatic rings. The first-order valence-corrected chi connectivity index (χ1v) is 12.6. The lowest BCUT2D eigenvalue weighted by atomic mass is 10.1. The molecule has 33 heavy (non-hydrogen) atoms. The van der Waals surface area contributed by atoms with E-state index in [2.05, 4.69) is 0 Å². The van der Waals surface area contributed by atoms with Crippen LogP contribution in [0.25, 0.3) is 0 Å². The van der Waals surface area contributed by atoms with Gasteiger partial charge in [0.2, 0.25) is 5.91 Å². The average molecular weight is 466 g/mol. The molecule has 1 amide bonds. The van der Waals surface area contributed by atoms with Crippen molar-refractivity contribution >= 4 is 15.7 Å². The summed E-state index contributed by atoms with van der Waals surface area (Å²) in [7, 11) is -3.65. The summed E-state index contributed by atoms with van der Waals surface area (Å²) in [5, 5.41) is 0. The van der Waals surface area contributed by atoms with Gasteiger partial charge in [-0.15, -0.1) is 0 Å². The summed E-state index contributed by atoms with van der Waals surface area (Å²) in [5.74, 6) is 0.506. The maximum Gasteiger partial charge on any atom is 0.223 e. The maximum atomic E-state index is 13.1. The quantitative estimate of drug-likeness (QED) is 0.479. The van der Waals surface area contributed by atoms with E-state index >= 15 is 0 Å². The molecule has 0 radical (unpaired) electrons. The fourth-order valence-corrected chi connectivity index (χ4v) is 4.96. The SMILES string of the molecule is O=C(CCS(=O)(=O)c1ccc2c(c1)OCCO2)N(CCc1ccccc1)Cc1ccccc1. The van der Waals surface area contributed by atoms with Gasteiger partial charge in [0.05, 0.1) is 10.6 Å². The summed E-state index contributed by atoms with van der Waals surface area (Å²) < 4.78 is 36.8. The van der Waals surface area contributed by atoms with Gasteiger partial charge in [0.15, 0.2) is 21.3 Å². The third-order valence-electron chi connectivity index (χ3n) is 5.54. The summed E-state index contributed by atoms with van der Waals surface area (Å²) in [6.07, 6.45) is 0.618. The second-order valence-corrected chi connectivity index (χ2v) is 10.0. The molecule has 0 spiro atoms. The van der Waals surface area contributed by atoms with Crippen molar-refractivity contribution in [2.75, 3.05) is 25.5 Å². The second kappa shape index (κ2) is 10.5. The molecule has 3 aromatic rings. The number of carbonyl (C=O) groups is 1. The van der Waals surface area contributed by atoms with Crippen LogP contribution in [0, 0.1) is 0 Å². The van der Waals surface area contributed by atoms with Gasteiger partial charge in [-0.1, -0.05) is 60.7 Å². The minimum absolute atomic E-state index is 0.0849. The first-order valence-electron chi connectivity index (χ1n) is 11.0. The third-order valence-corrected chi connectivity index (χ3v) is 7.25. The van der Waals surface area contributed by atoms with Crippen molar-refractivity contribution in [3.63, 3.8) is 0 Å². The first kappa shape index (κ1) is 22.9. The molecule has 7 heteroatoms. The predicted octanol–water partition coefficient (Wildman–Crippen LogP) is 3.89. The first-order chi connectivity index (χ1) is 16.0. The molecule has 172 valence electrons. The van der Waals surface area contributed by atoms with Crippen LogP contribution in [-0.2, 0) is 27.6 Å². The van der Waals surface area contributed by atoms with Gasteiger partial charge in [-0.25, -0.2) is 8.42 Å². The van der Waals surface area contributed by atoms with Gasteiger partial charge >= 0.3 is 0 Å². The number of nitrogens with zero attached hydrogens (tertiary/aromatic N) is 1. The molecule has 0 saturated heterocycles. The molecule has 3 aromatic carbocycles. The zero-order valence-electron chi connectivity index (χ0n) is 18.4. The molecule has 0 bridgehead atoms. The molecule has 6 nitrogen and oxygen atoms in total. The molecule has 0 atom stereocenters. The van der Waals surface area contributed by atoms with Crippen molar-refractivity contribution in [1.29, 1.82) is 0 Å². The number of sulfone groups is 1. The van der Waals surface area contributed by atoms with Crippen LogP contribution in [0.2, 0.25) is 0 Å². The molecular formula is C26H27NO5S. The maximum absolute atomic E-state index is 13.1. The minimum Gasteiger partial charge on any atom is -0.486 e. The highest BCUT2D eigenvalue weighted by molar-refractivity contribution is 7.91. The van der Waals surface area contributed by atoms with Gasteiger partial charge in [0.25, 0.3) is 0 Å². The predicted molar refractivity (Wildman–Crippen MR) is 126 cm³/mol. The molecule has 0 saturated carbocycles. The Bertz CT molecular complexity index is 1180. The van der Waals surface area contributed by atoms with E-state index in [1.54, 1.807) is 11.0 Å². The molecular weight excluding hydrogens is 438 g/mol. The lowest BCUT2D eigenvalue weighted by Gasteiger charge is -2.23. The van der Waals surface area contributed by atoms with Crippen molar-refractivity contribution in [2.24, 2.45) is 0 Å². The molecule has 0 N–H and O–H groups in total. The monoisotopic (exact) mass is 465 g/mol. The van der Waals surface area contributed by atoms with E-state index in [1.807, 2.05) is 60.7 Å². The van der Waals surface area contributed by atoms with Crippen LogP contribution in [0.5, 0.6) is 11.5 Å². The zero-order chi connectivity index (χ0) is 23.1. The van der Waals surface area contributed by atoms with Crippen molar-refractivity contribution in [3.05, 3.63) is 90.0 Å². The van der Waals surface area contributed by atoms with Gasteiger partial charge in [-0.2, -0.15) is 0 Å². The van der Waals surface area contributed by atoms with E-state index in [0.29, 0.717) is 44.2 Å². The summed E-state index contributed by atoms with van der Waals surface area (Å²) >= 11 is 0. The molecule has 0 fully saturated rings. The Labute approximate surface area is 194 Å². The highest BCUT2D eigenvalue weighted by atomic mass is 32.2. The van der Waals surface area contributed by atoms with Crippen molar-refractivity contribution in [1.82, 2.24) is 4.90 Å². The third kappa shape index (κ3) is 6.14. The van der Waals surface area contributed by atoms with Crippen LogP contribution in [0.4, 0.5) is 0 Å². The van der Waals surface area contributed by atoms with E-state index < -0.39 is 9.84 Å². The van der Waals surface area contributed by atoms with E-state index in [0.717, 1.165) is 11.1 Å². The lowest BCUT2D eigenvalue weighted by molar-refractivity contribution is -0.131. The second-order valence-electron chi connectivity index (χ2n) is 7.91. The smallest absolute Gasteiger partial charge is 0.223 e. The van der Waals surface area contributed by atoms with Gasteiger partial charge in [0.1, 0.15) is 13.2 Å². The van der Waals surface area contributed by atoms with Crippen molar-refractivity contribution in [3.8, 4) is 11.5 Å². The Morgan fingerprint density at radius 3 is 2.15 bits per heavy atom. The summed E-state index contributed by atoms with van der Waals surface area (Å²) in [6, 6.07) is 24.3. The van der Waals surface area contributed by atoms with Crippen LogP contribution < -0.4 is 9.47 Å². The largest absolute Gasteiger partial charge is 0.486 e. The molecule has 1 aliphatic heterocycles. The van der Waals surface area contributed by atoms with Crippen molar-refractivity contribution < 1.29 is 22.7 Å². The standard InChI is InChI=1S/C26H27NO5S/c28-26(14-18-33(29,30)23-11-12-24-25(19-23)32-17-16-31-24)27(20-22-9-5-2-6-10-22)15-13-21-7-3-1-4-8-21/h1-12,19H,13-18,20H2. The van der Waals surface area contributed by atoms with Gasteiger partial charge in [-0.3, -0.25) is 4.79 Å². The fraction of sp³-hybridized carbons (Fsp3) is 0.269. The topological polar surface area (TPSA) is 72.9 Å². The van der Waals surface area contributed by atoms with Crippen LogP contribution in [0.15, 0.2) is 83.8 Å². The molecule has 0 aliphatic carbocycles. The Hall–Kier alpha value is -3.32. The Kier molecular flexibility index (Phi) is 7.29. The summed E-state index contributed by atoms with van der Waals surface area (Å²) in [4.78, 5) is 15.0. The van der Waals surface area contributed by atoms with Crippen molar-refractivity contribution in [2.45, 2.75) is 24.3 Å². The van der Waals surface area contributed by atoms with Crippen LogP contribution in [0.1, 0.15) is 17.5 Å². The number of benzene rings is 3. The molecule has 1 heterocycles. The number of rotatable bonds is 9. The number of hydrogen-bond donors (Lipinski definition) is 0. The van der Waals surface area contributed by atoms with Crippen LogP contribution >= 0.6 is 0 Å². The average Bonchev–Trinajstić information content (AvgIpc) is 2.86. The highest BCUT2D eigenvalue weighted by Gasteiger charge is 2.22. The van der Waals surface area contributed by atoms with E-state index in [1.165, 1.54) is 12.1 Å². The normalized spacial score (nSPS) is 12.8. The zero-order valence-corrected chi connectivity index (χ0v) is 19.2. The summed E-state index contributed by atoms with van der Waals surface area (Å²) in [5.41, 5.74) is 2.14. The molecule has 4 rings (SSSR count). The molecule has 0 unspecified atom stereocenters. The molecule has 0 aromatic heterocycles. The summed E-state index contributed by atoms with van der Waals surface area (Å²) in [6.45, 7) is 1.77. The number of amides is 1. The minimum atomic E-state index is -3.65. The van der Waals surface area contributed by atoms with E-state index in [9.17, 15) is 13.2 Å². The number of hydrogen-bond acceptors (Lipinski definition) is 5. The Morgan fingerprint density at radius 2 is 1.45 bits per heavy atom. The lowest BCUT2D eigenvalue weighted by Crippen LogP contribution is -2.33. The number of fused-ring (bicyclic) bond motifs is 1. The van der Waals surface area contributed by atoms with Crippen LogP contribution in [0.3, 0.4) is 0 Å². The van der Waals surface area contributed by atoms with E-state index in [-0.39, 0.29) is 23.0 Å². The number of ether oxygens (including phenoxy) is 2. The fourth-order valence-electron chi connectivity index (χ4n) is 3.72. The highest BCUT2D eigenvalue weighted by Crippen LogP contribution is 2.32. The van der Waals surface area contributed by atoms with Gasteiger partial charge < -0.3 is 14.4 Å².